The van der Waals surface area contributed by atoms with Gasteiger partial charge in [-0.05, 0) is 36.8 Å². The molecule has 2 aromatic rings. The second-order valence-electron chi connectivity index (χ2n) is 6.97. The standard InChI is InChI=1S/C18H20N2O5S/c1-12-5-10-15(20(22)23)11-16(12)26(24,25)19-14-8-6-13(7-9-14)17(21)18(2,3)4/h5-11,19H,1-4H3. The molecule has 0 unspecified atom stereocenters. The van der Waals surface area contributed by atoms with Gasteiger partial charge in [-0.2, -0.15) is 0 Å². The van der Waals surface area contributed by atoms with E-state index in [1.165, 1.54) is 24.3 Å². The third-order valence-electron chi connectivity index (χ3n) is 3.75. The first kappa shape index (κ1) is 19.6. The van der Waals surface area contributed by atoms with E-state index in [1.807, 2.05) is 0 Å². The molecule has 2 rings (SSSR count). The number of hydrogen-bond acceptors (Lipinski definition) is 5. The minimum absolute atomic E-state index is 0.0542. The number of carbonyl (C=O) groups is 1. The number of anilines is 1. The Kier molecular flexibility index (Phi) is 5.18. The molecule has 0 saturated heterocycles. The van der Waals surface area contributed by atoms with E-state index in [-0.39, 0.29) is 22.1 Å². The van der Waals surface area contributed by atoms with Crippen molar-refractivity contribution in [2.45, 2.75) is 32.6 Å². The van der Waals surface area contributed by atoms with Crippen LogP contribution in [0.2, 0.25) is 0 Å². The maximum absolute atomic E-state index is 12.6. The zero-order chi connectivity index (χ0) is 19.7. The summed E-state index contributed by atoms with van der Waals surface area (Å²) in [4.78, 5) is 22.3. The lowest BCUT2D eigenvalue weighted by Crippen LogP contribution is -2.20. The minimum atomic E-state index is -4.00. The van der Waals surface area contributed by atoms with Gasteiger partial charge >= 0.3 is 0 Å². The molecule has 0 bridgehead atoms. The fraction of sp³-hybridized carbons (Fsp3) is 0.278. The number of sulfonamides is 1. The van der Waals surface area contributed by atoms with Crippen molar-refractivity contribution >= 4 is 27.2 Å². The van der Waals surface area contributed by atoms with Crippen molar-refractivity contribution in [2.24, 2.45) is 5.41 Å². The number of nitro groups is 1. The molecule has 26 heavy (non-hydrogen) atoms. The van der Waals surface area contributed by atoms with Gasteiger partial charge in [0.15, 0.2) is 5.78 Å². The van der Waals surface area contributed by atoms with Crippen LogP contribution < -0.4 is 4.72 Å². The van der Waals surface area contributed by atoms with Gasteiger partial charge in [0.25, 0.3) is 15.7 Å². The third kappa shape index (κ3) is 4.26. The molecule has 8 heteroatoms. The molecule has 0 aliphatic rings. The summed E-state index contributed by atoms with van der Waals surface area (Å²) in [6, 6.07) is 9.73. The molecule has 0 amide bonds. The molecule has 0 aliphatic carbocycles. The molecule has 2 aromatic carbocycles. The lowest BCUT2D eigenvalue weighted by molar-refractivity contribution is -0.385. The van der Waals surface area contributed by atoms with Crippen LogP contribution in [0, 0.1) is 22.5 Å². The van der Waals surface area contributed by atoms with E-state index >= 15 is 0 Å². The van der Waals surface area contributed by atoms with Crippen LogP contribution in [0.15, 0.2) is 47.4 Å². The summed E-state index contributed by atoms with van der Waals surface area (Å²) < 4.78 is 27.5. The van der Waals surface area contributed by atoms with Crippen molar-refractivity contribution in [1.29, 1.82) is 0 Å². The largest absolute Gasteiger partial charge is 0.294 e. The number of rotatable bonds is 5. The summed E-state index contributed by atoms with van der Waals surface area (Å²) >= 11 is 0. The Labute approximate surface area is 152 Å². The van der Waals surface area contributed by atoms with E-state index in [2.05, 4.69) is 4.72 Å². The predicted octanol–water partition coefficient (Wildman–Crippen LogP) is 3.93. The summed E-state index contributed by atoms with van der Waals surface area (Å²) in [6.07, 6.45) is 0. The maximum Gasteiger partial charge on any atom is 0.270 e. The van der Waals surface area contributed by atoms with E-state index in [4.69, 9.17) is 0 Å². The van der Waals surface area contributed by atoms with Crippen molar-refractivity contribution in [2.75, 3.05) is 4.72 Å². The number of nitrogens with zero attached hydrogens (tertiary/aromatic N) is 1. The maximum atomic E-state index is 12.6. The van der Waals surface area contributed by atoms with Gasteiger partial charge in [0.1, 0.15) is 0 Å². The molecule has 138 valence electrons. The summed E-state index contributed by atoms with van der Waals surface area (Å²) in [7, 11) is -4.00. The van der Waals surface area contributed by atoms with Crippen LogP contribution in [-0.4, -0.2) is 19.1 Å². The van der Waals surface area contributed by atoms with Crippen molar-refractivity contribution < 1.29 is 18.1 Å². The molecule has 0 saturated carbocycles. The van der Waals surface area contributed by atoms with Crippen LogP contribution in [-0.2, 0) is 10.0 Å². The van der Waals surface area contributed by atoms with E-state index in [1.54, 1.807) is 39.8 Å². The molecule has 0 heterocycles. The molecule has 7 nitrogen and oxygen atoms in total. The van der Waals surface area contributed by atoms with Crippen LogP contribution in [0.4, 0.5) is 11.4 Å². The Morgan fingerprint density at radius 3 is 2.15 bits per heavy atom. The summed E-state index contributed by atoms with van der Waals surface area (Å²) in [5.74, 6) is -0.0542. The molecule has 0 radical (unpaired) electrons. The number of benzene rings is 2. The van der Waals surface area contributed by atoms with Crippen LogP contribution in [0.3, 0.4) is 0 Å². The smallest absolute Gasteiger partial charge is 0.270 e. The van der Waals surface area contributed by atoms with Crippen LogP contribution in [0.5, 0.6) is 0 Å². The Morgan fingerprint density at radius 2 is 1.65 bits per heavy atom. The van der Waals surface area contributed by atoms with Crippen molar-refractivity contribution in [3.05, 3.63) is 63.7 Å². The molecule has 0 fully saturated rings. The molecule has 0 spiro atoms. The first-order valence-electron chi connectivity index (χ1n) is 7.84. The SMILES string of the molecule is Cc1ccc([N+](=O)[O-])cc1S(=O)(=O)Nc1ccc(C(=O)C(C)(C)C)cc1. The summed E-state index contributed by atoms with van der Waals surface area (Å²) in [5, 5.41) is 10.9. The highest BCUT2D eigenvalue weighted by molar-refractivity contribution is 7.92. The van der Waals surface area contributed by atoms with Gasteiger partial charge < -0.3 is 0 Å². The summed E-state index contributed by atoms with van der Waals surface area (Å²) in [6.45, 7) is 6.97. The zero-order valence-electron chi connectivity index (χ0n) is 14.9. The van der Waals surface area contributed by atoms with Crippen LogP contribution in [0.25, 0.3) is 0 Å². The second kappa shape index (κ2) is 6.87. The molecule has 0 aliphatic heterocycles. The van der Waals surface area contributed by atoms with Crippen LogP contribution >= 0.6 is 0 Å². The number of Topliss-reactive ketones (excluding diaryl/α,β-unsaturated/α-hetero) is 1. The van der Waals surface area contributed by atoms with Crippen molar-refractivity contribution in [1.82, 2.24) is 0 Å². The Hall–Kier alpha value is -2.74. The Bertz CT molecular complexity index is 958. The number of hydrogen-bond donors (Lipinski definition) is 1. The molecule has 1 N–H and O–H groups in total. The van der Waals surface area contributed by atoms with Gasteiger partial charge in [0, 0.05) is 28.8 Å². The number of non-ortho nitro benzene ring substituents is 1. The highest BCUT2D eigenvalue weighted by Gasteiger charge is 2.23. The highest BCUT2D eigenvalue weighted by atomic mass is 32.2. The van der Waals surface area contributed by atoms with E-state index in [0.29, 0.717) is 11.1 Å². The molecule has 0 atom stereocenters. The normalized spacial score (nSPS) is 11.8. The fourth-order valence-corrected chi connectivity index (χ4v) is 3.65. The van der Waals surface area contributed by atoms with Gasteiger partial charge in [0.05, 0.1) is 9.82 Å². The molecular weight excluding hydrogens is 356 g/mol. The van der Waals surface area contributed by atoms with Crippen molar-refractivity contribution in [3.8, 4) is 0 Å². The second-order valence-corrected chi connectivity index (χ2v) is 8.62. The highest BCUT2D eigenvalue weighted by Crippen LogP contribution is 2.25. The first-order chi connectivity index (χ1) is 11.9. The number of nitro benzene ring substituents is 1. The van der Waals surface area contributed by atoms with Gasteiger partial charge in [-0.3, -0.25) is 19.6 Å². The minimum Gasteiger partial charge on any atom is -0.294 e. The lowest BCUT2D eigenvalue weighted by Gasteiger charge is -2.17. The third-order valence-corrected chi connectivity index (χ3v) is 5.28. The van der Waals surface area contributed by atoms with E-state index in [9.17, 15) is 23.3 Å². The van der Waals surface area contributed by atoms with Gasteiger partial charge in [0.2, 0.25) is 0 Å². The monoisotopic (exact) mass is 376 g/mol. The lowest BCUT2D eigenvalue weighted by atomic mass is 9.86. The fourth-order valence-electron chi connectivity index (χ4n) is 2.32. The van der Waals surface area contributed by atoms with E-state index in [0.717, 1.165) is 6.07 Å². The average Bonchev–Trinajstić information content (AvgIpc) is 2.53. The number of aryl methyl sites for hydroxylation is 1. The summed E-state index contributed by atoms with van der Waals surface area (Å²) in [5.41, 5.74) is 0.291. The average molecular weight is 376 g/mol. The first-order valence-corrected chi connectivity index (χ1v) is 9.33. The van der Waals surface area contributed by atoms with Gasteiger partial charge in [-0.1, -0.05) is 26.8 Å². The number of nitrogens with one attached hydrogen (secondary N) is 1. The Morgan fingerprint density at radius 1 is 1.08 bits per heavy atom. The van der Waals surface area contributed by atoms with E-state index < -0.39 is 20.4 Å². The molecule has 0 aromatic heterocycles. The van der Waals surface area contributed by atoms with Gasteiger partial charge in [-0.15, -0.1) is 0 Å². The quantitative estimate of drug-likeness (QED) is 0.483. The number of carbonyl (C=O) groups excluding carboxylic acids is 1. The van der Waals surface area contributed by atoms with Crippen LogP contribution in [0.1, 0.15) is 36.7 Å². The predicted molar refractivity (Wildman–Crippen MR) is 98.9 cm³/mol. The van der Waals surface area contributed by atoms with Gasteiger partial charge in [-0.25, -0.2) is 8.42 Å². The number of ketones is 1. The van der Waals surface area contributed by atoms with Crippen molar-refractivity contribution in [3.63, 3.8) is 0 Å². The zero-order valence-corrected chi connectivity index (χ0v) is 15.8. The Balaban J connectivity index is 2.32. The topological polar surface area (TPSA) is 106 Å². The molecular formula is C18H20N2O5S.